The van der Waals surface area contributed by atoms with Crippen LogP contribution in [0.1, 0.15) is 11.1 Å². The lowest BCUT2D eigenvalue weighted by Gasteiger charge is -2.17. The van der Waals surface area contributed by atoms with Gasteiger partial charge in [0.05, 0.1) is 16.7 Å². The van der Waals surface area contributed by atoms with E-state index in [0.717, 1.165) is 23.2 Å². The standard InChI is InChI=1S/C17H10N2/c1-2-6-14-11(5-1)12-8-10-4-3-7-15-16(10)13(9-18-15)17(12)19-14/h1-7,9H,8H2. The number of hydrogen-bond acceptors (Lipinski definition) is 2. The zero-order valence-corrected chi connectivity index (χ0v) is 10.2. The molecule has 0 fully saturated rings. The van der Waals surface area contributed by atoms with Gasteiger partial charge in [0.15, 0.2) is 0 Å². The summed E-state index contributed by atoms with van der Waals surface area (Å²) in [7, 11) is 0. The molecule has 2 aromatic rings. The molecule has 0 aromatic heterocycles. The van der Waals surface area contributed by atoms with E-state index in [2.05, 4.69) is 41.4 Å². The number of nitrogens with zero attached hydrogens (tertiary/aromatic N) is 2. The van der Waals surface area contributed by atoms with Crippen LogP contribution < -0.4 is 10.6 Å². The summed E-state index contributed by atoms with van der Waals surface area (Å²) < 4.78 is 0. The van der Waals surface area contributed by atoms with Gasteiger partial charge in [-0.1, -0.05) is 30.3 Å². The highest BCUT2D eigenvalue weighted by Gasteiger charge is 2.29. The summed E-state index contributed by atoms with van der Waals surface area (Å²) in [4.78, 5) is 9.33. The van der Waals surface area contributed by atoms with E-state index in [1.54, 1.807) is 0 Å². The minimum atomic E-state index is 0.964. The Labute approximate surface area is 110 Å². The van der Waals surface area contributed by atoms with Gasteiger partial charge in [-0.15, -0.1) is 0 Å². The maximum atomic E-state index is 4.81. The molecular weight excluding hydrogens is 232 g/mol. The lowest BCUT2D eigenvalue weighted by atomic mass is 9.86. The van der Waals surface area contributed by atoms with Crippen LogP contribution >= 0.6 is 0 Å². The minimum absolute atomic E-state index is 0.964. The van der Waals surface area contributed by atoms with Gasteiger partial charge in [-0.2, -0.15) is 0 Å². The van der Waals surface area contributed by atoms with Crippen molar-refractivity contribution in [2.75, 3.05) is 0 Å². The lowest BCUT2D eigenvalue weighted by Crippen LogP contribution is -2.22. The molecule has 0 unspecified atom stereocenters. The fraction of sp³-hybridized carbons (Fsp3) is 0.0588. The van der Waals surface area contributed by atoms with E-state index in [1.807, 2.05) is 12.3 Å². The smallest absolute Gasteiger partial charge is 0.0774 e. The van der Waals surface area contributed by atoms with Crippen molar-refractivity contribution in [1.82, 2.24) is 0 Å². The van der Waals surface area contributed by atoms with Gasteiger partial charge >= 0.3 is 0 Å². The Morgan fingerprint density at radius 1 is 0.947 bits per heavy atom. The molecular formula is C17H10N2. The van der Waals surface area contributed by atoms with Crippen LogP contribution in [0.3, 0.4) is 0 Å². The highest BCUT2D eigenvalue weighted by Crippen LogP contribution is 2.43. The molecule has 0 atom stereocenters. The molecule has 2 aromatic carbocycles. The van der Waals surface area contributed by atoms with Gasteiger partial charge in [0.1, 0.15) is 0 Å². The summed E-state index contributed by atoms with van der Waals surface area (Å²) in [5.41, 5.74) is 7.42. The number of allylic oxidation sites excluding steroid dienone is 2. The fourth-order valence-electron chi connectivity index (χ4n) is 3.26. The average molecular weight is 242 g/mol. The van der Waals surface area contributed by atoms with Gasteiger partial charge in [0, 0.05) is 29.0 Å². The highest BCUT2D eigenvalue weighted by molar-refractivity contribution is 6.21. The van der Waals surface area contributed by atoms with Crippen LogP contribution in [0.5, 0.6) is 0 Å². The highest BCUT2D eigenvalue weighted by atomic mass is 14.8. The van der Waals surface area contributed by atoms with Crippen molar-refractivity contribution < 1.29 is 0 Å². The topological polar surface area (TPSA) is 24.7 Å². The Bertz CT molecular complexity index is 930. The molecule has 0 amide bonds. The summed E-state index contributed by atoms with van der Waals surface area (Å²) in [6, 6.07) is 14.8. The van der Waals surface area contributed by atoms with Crippen molar-refractivity contribution in [2.45, 2.75) is 6.42 Å². The molecule has 19 heavy (non-hydrogen) atoms. The van der Waals surface area contributed by atoms with Crippen LogP contribution in [0.2, 0.25) is 0 Å². The van der Waals surface area contributed by atoms with Crippen molar-refractivity contribution in [3.8, 4) is 0 Å². The third-order valence-corrected chi connectivity index (χ3v) is 4.10. The van der Waals surface area contributed by atoms with Gasteiger partial charge in [-0.05, 0) is 23.3 Å². The molecule has 2 heterocycles. The molecule has 2 heteroatoms. The van der Waals surface area contributed by atoms with E-state index in [1.165, 1.54) is 27.5 Å². The first-order valence-corrected chi connectivity index (χ1v) is 6.50. The largest absolute Gasteiger partial charge is 0.255 e. The number of rotatable bonds is 0. The molecule has 88 valence electrons. The van der Waals surface area contributed by atoms with Crippen LogP contribution in [0.4, 0.5) is 5.69 Å². The molecule has 0 radical (unpaired) electrons. The number of aliphatic imine (C=N–C) groups is 1. The number of fused-ring (bicyclic) bond motifs is 2. The zero-order chi connectivity index (χ0) is 12.4. The Morgan fingerprint density at radius 3 is 2.89 bits per heavy atom. The predicted molar refractivity (Wildman–Crippen MR) is 75.8 cm³/mol. The minimum Gasteiger partial charge on any atom is -0.255 e. The van der Waals surface area contributed by atoms with Crippen LogP contribution in [-0.4, -0.2) is 6.21 Å². The van der Waals surface area contributed by atoms with Gasteiger partial charge in [-0.3, -0.25) is 4.99 Å². The Kier molecular flexibility index (Phi) is 1.54. The molecule has 0 saturated heterocycles. The molecule has 1 aliphatic carbocycles. The Hall–Kier alpha value is -2.48. The van der Waals surface area contributed by atoms with E-state index < -0.39 is 0 Å². The maximum Gasteiger partial charge on any atom is 0.0774 e. The van der Waals surface area contributed by atoms with Crippen molar-refractivity contribution in [3.05, 3.63) is 69.9 Å². The first-order chi connectivity index (χ1) is 9.42. The zero-order valence-electron chi connectivity index (χ0n) is 10.2. The summed E-state index contributed by atoms with van der Waals surface area (Å²) in [6.07, 6.45) is 2.93. The normalized spacial score (nSPS) is 17.2. The van der Waals surface area contributed by atoms with Crippen LogP contribution in [0, 0.1) is 0 Å². The monoisotopic (exact) mass is 242 g/mol. The quantitative estimate of drug-likeness (QED) is 0.676. The van der Waals surface area contributed by atoms with Crippen molar-refractivity contribution in [2.24, 2.45) is 9.98 Å². The maximum absolute atomic E-state index is 4.81. The van der Waals surface area contributed by atoms with E-state index >= 15 is 0 Å². The van der Waals surface area contributed by atoms with Gasteiger partial charge in [0.2, 0.25) is 0 Å². The third kappa shape index (κ3) is 1.07. The molecule has 2 nitrogen and oxygen atoms in total. The lowest BCUT2D eigenvalue weighted by molar-refractivity contribution is 1.21. The molecule has 2 aliphatic heterocycles. The molecule has 0 spiro atoms. The number of hydrogen-bond donors (Lipinski definition) is 0. The van der Waals surface area contributed by atoms with Crippen LogP contribution in [0.15, 0.2) is 58.1 Å². The number of benzene rings is 2. The molecule has 0 saturated carbocycles. The van der Waals surface area contributed by atoms with Crippen molar-refractivity contribution in [1.29, 1.82) is 0 Å². The SMILES string of the molecule is C1=Nc2cccc3c2C1=C1N=c2ccccc2=C1C3. The average Bonchev–Trinajstić information content (AvgIpc) is 3.02. The first kappa shape index (κ1) is 9.45. The van der Waals surface area contributed by atoms with E-state index in [9.17, 15) is 0 Å². The molecule has 3 aliphatic rings. The third-order valence-electron chi connectivity index (χ3n) is 4.10. The molecule has 0 N–H and O–H groups in total. The van der Waals surface area contributed by atoms with Crippen LogP contribution in [0.25, 0.3) is 11.1 Å². The summed E-state index contributed by atoms with van der Waals surface area (Å²) in [5.74, 6) is 0. The number of para-hydroxylation sites is 1. The van der Waals surface area contributed by atoms with Gasteiger partial charge in [0.25, 0.3) is 0 Å². The second-order valence-electron chi connectivity index (χ2n) is 5.12. The van der Waals surface area contributed by atoms with Crippen molar-refractivity contribution in [3.63, 3.8) is 0 Å². The Morgan fingerprint density at radius 2 is 1.89 bits per heavy atom. The first-order valence-electron chi connectivity index (χ1n) is 6.50. The van der Waals surface area contributed by atoms with Gasteiger partial charge in [-0.25, -0.2) is 4.99 Å². The Balaban J connectivity index is 1.98. The predicted octanol–water partition coefficient (Wildman–Crippen LogP) is 2.15. The molecule has 5 rings (SSSR count). The summed E-state index contributed by atoms with van der Waals surface area (Å²) in [6.45, 7) is 0. The second-order valence-corrected chi connectivity index (χ2v) is 5.12. The van der Waals surface area contributed by atoms with E-state index in [-0.39, 0.29) is 0 Å². The summed E-state index contributed by atoms with van der Waals surface area (Å²) in [5, 5.41) is 2.37. The molecule has 0 bridgehead atoms. The van der Waals surface area contributed by atoms with Crippen molar-refractivity contribution >= 4 is 23.0 Å². The summed E-state index contributed by atoms with van der Waals surface area (Å²) >= 11 is 0. The van der Waals surface area contributed by atoms with Crippen LogP contribution in [-0.2, 0) is 6.42 Å². The van der Waals surface area contributed by atoms with E-state index in [4.69, 9.17) is 4.99 Å². The van der Waals surface area contributed by atoms with Gasteiger partial charge < -0.3 is 0 Å². The fourth-order valence-corrected chi connectivity index (χ4v) is 3.26. The second kappa shape index (κ2) is 3.09. The van der Waals surface area contributed by atoms with E-state index in [0.29, 0.717) is 0 Å².